The molecule has 3 rings (SSSR count). The lowest BCUT2D eigenvalue weighted by molar-refractivity contribution is 0.463. The monoisotopic (exact) mass is 259 g/mol. The van der Waals surface area contributed by atoms with E-state index in [1.165, 1.54) is 23.4 Å². The molecule has 1 fully saturated rings. The Bertz CT molecular complexity index is 515. The molecule has 3 heterocycles. The zero-order chi connectivity index (χ0) is 12.4. The van der Waals surface area contributed by atoms with Crippen molar-refractivity contribution in [2.45, 2.75) is 25.7 Å². The molecule has 1 aliphatic heterocycles. The fourth-order valence-corrected chi connectivity index (χ4v) is 3.71. The van der Waals surface area contributed by atoms with Crippen LogP contribution in [0, 0.1) is 6.92 Å². The van der Waals surface area contributed by atoms with Crippen molar-refractivity contribution < 1.29 is 0 Å². The number of nitrogens with zero attached hydrogens (tertiary/aromatic N) is 2. The van der Waals surface area contributed by atoms with Crippen molar-refractivity contribution >= 4 is 11.3 Å². The number of hydrogen-bond donors (Lipinski definition) is 1. The summed E-state index contributed by atoms with van der Waals surface area (Å²) < 4.78 is 0. The lowest BCUT2D eigenvalue weighted by Gasteiger charge is -2.21. The third-order valence-electron chi connectivity index (χ3n) is 3.45. The van der Waals surface area contributed by atoms with Crippen LogP contribution < -0.4 is 5.32 Å². The zero-order valence-corrected chi connectivity index (χ0v) is 11.3. The largest absolute Gasteiger partial charge is 0.317 e. The Morgan fingerprint density at radius 2 is 2.17 bits per heavy atom. The van der Waals surface area contributed by atoms with E-state index < -0.39 is 0 Å². The van der Waals surface area contributed by atoms with Crippen molar-refractivity contribution in [3.63, 3.8) is 0 Å². The minimum atomic E-state index is 0.689. The number of aryl methyl sites for hydroxylation is 1. The van der Waals surface area contributed by atoms with E-state index in [1.54, 1.807) is 6.20 Å². The van der Waals surface area contributed by atoms with Gasteiger partial charge >= 0.3 is 0 Å². The molecule has 4 heteroatoms. The first-order valence-corrected chi connectivity index (χ1v) is 7.24. The van der Waals surface area contributed by atoms with Gasteiger partial charge in [0.1, 0.15) is 5.01 Å². The topological polar surface area (TPSA) is 37.8 Å². The Hall–Kier alpha value is -1.26. The first-order chi connectivity index (χ1) is 8.84. The summed E-state index contributed by atoms with van der Waals surface area (Å²) in [7, 11) is 0. The molecule has 0 aliphatic carbocycles. The van der Waals surface area contributed by atoms with Crippen molar-refractivity contribution in [3.05, 3.63) is 35.1 Å². The van der Waals surface area contributed by atoms with Crippen LogP contribution >= 0.6 is 11.3 Å². The molecule has 2 aromatic heterocycles. The third-order valence-corrected chi connectivity index (χ3v) is 4.82. The van der Waals surface area contributed by atoms with Gasteiger partial charge in [-0.05, 0) is 50.9 Å². The van der Waals surface area contributed by atoms with Gasteiger partial charge in [-0.2, -0.15) is 0 Å². The predicted octanol–water partition coefficient (Wildman–Crippen LogP) is 2.98. The number of pyridine rings is 1. The molecule has 0 radical (unpaired) electrons. The molecule has 0 atom stereocenters. The molecule has 1 N–H and O–H groups in total. The average molecular weight is 259 g/mol. The van der Waals surface area contributed by atoms with E-state index in [2.05, 4.69) is 23.3 Å². The average Bonchev–Trinajstić information content (AvgIpc) is 2.83. The first kappa shape index (κ1) is 11.8. The standard InChI is InChI=1S/C14H17N3S/c1-10-13(11-4-7-15-8-5-11)18-14(17-10)12-3-2-6-16-9-12/h2-3,6,9,11,15H,4-5,7-8H2,1H3. The second kappa shape index (κ2) is 5.16. The Kier molecular flexibility index (Phi) is 3.39. The van der Waals surface area contributed by atoms with Crippen molar-refractivity contribution in [2.75, 3.05) is 13.1 Å². The van der Waals surface area contributed by atoms with E-state index in [0.29, 0.717) is 5.92 Å². The number of hydrogen-bond acceptors (Lipinski definition) is 4. The van der Waals surface area contributed by atoms with Crippen LogP contribution in [-0.2, 0) is 0 Å². The second-order valence-electron chi connectivity index (χ2n) is 4.73. The molecular weight excluding hydrogens is 242 g/mol. The van der Waals surface area contributed by atoms with Gasteiger partial charge in [0, 0.05) is 22.8 Å². The first-order valence-electron chi connectivity index (χ1n) is 6.43. The van der Waals surface area contributed by atoms with Gasteiger partial charge in [-0.3, -0.25) is 4.98 Å². The van der Waals surface area contributed by atoms with Crippen molar-refractivity contribution in [1.82, 2.24) is 15.3 Å². The highest BCUT2D eigenvalue weighted by Gasteiger charge is 2.20. The minimum Gasteiger partial charge on any atom is -0.317 e. The summed E-state index contributed by atoms with van der Waals surface area (Å²) in [5.74, 6) is 0.689. The Labute approximate surface area is 111 Å². The Morgan fingerprint density at radius 1 is 1.33 bits per heavy atom. The molecule has 0 saturated carbocycles. The van der Waals surface area contributed by atoms with Crippen LogP contribution in [0.5, 0.6) is 0 Å². The lowest BCUT2D eigenvalue weighted by atomic mass is 9.96. The van der Waals surface area contributed by atoms with E-state index in [0.717, 1.165) is 23.7 Å². The third kappa shape index (κ3) is 2.31. The van der Waals surface area contributed by atoms with Crippen LogP contribution in [0.3, 0.4) is 0 Å². The summed E-state index contributed by atoms with van der Waals surface area (Å²) in [6.45, 7) is 4.39. The molecule has 0 bridgehead atoms. The Balaban J connectivity index is 1.91. The van der Waals surface area contributed by atoms with Crippen LogP contribution in [0.1, 0.15) is 29.3 Å². The van der Waals surface area contributed by atoms with Crippen LogP contribution in [0.4, 0.5) is 0 Å². The van der Waals surface area contributed by atoms with Gasteiger partial charge in [0.25, 0.3) is 0 Å². The molecule has 0 aromatic carbocycles. The smallest absolute Gasteiger partial charge is 0.125 e. The predicted molar refractivity (Wildman–Crippen MR) is 74.9 cm³/mol. The molecule has 0 unspecified atom stereocenters. The van der Waals surface area contributed by atoms with Gasteiger partial charge in [-0.1, -0.05) is 0 Å². The van der Waals surface area contributed by atoms with E-state index in [4.69, 9.17) is 4.98 Å². The summed E-state index contributed by atoms with van der Waals surface area (Å²) in [4.78, 5) is 10.4. The van der Waals surface area contributed by atoms with Crippen molar-refractivity contribution in [1.29, 1.82) is 0 Å². The maximum absolute atomic E-state index is 4.71. The minimum absolute atomic E-state index is 0.689. The van der Waals surface area contributed by atoms with E-state index in [9.17, 15) is 0 Å². The summed E-state index contributed by atoms with van der Waals surface area (Å²) in [6, 6.07) is 4.05. The molecule has 0 amide bonds. The van der Waals surface area contributed by atoms with Gasteiger partial charge in [0.05, 0.1) is 5.69 Å². The normalized spacial score (nSPS) is 16.9. The van der Waals surface area contributed by atoms with E-state index in [1.807, 2.05) is 23.6 Å². The molecule has 2 aromatic rings. The molecule has 1 saturated heterocycles. The number of thiazole rings is 1. The highest BCUT2D eigenvalue weighted by atomic mass is 32.1. The van der Waals surface area contributed by atoms with E-state index in [-0.39, 0.29) is 0 Å². The number of nitrogens with one attached hydrogen (secondary N) is 1. The van der Waals surface area contributed by atoms with Gasteiger partial charge < -0.3 is 5.32 Å². The van der Waals surface area contributed by atoms with Crippen molar-refractivity contribution in [3.8, 4) is 10.6 Å². The summed E-state index contributed by atoms with van der Waals surface area (Å²) in [6.07, 6.45) is 6.16. The van der Waals surface area contributed by atoms with Gasteiger partial charge in [-0.15, -0.1) is 11.3 Å². The van der Waals surface area contributed by atoms with Crippen LogP contribution in [0.15, 0.2) is 24.5 Å². The molecule has 94 valence electrons. The lowest BCUT2D eigenvalue weighted by Crippen LogP contribution is -2.26. The van der Waals surface area contributed by atoms with Crippen LogP contribution in [0.2, 0.25) is 0 Å². The quantitative estimate of drug-likeness (QED) is 0.901. The number of rotatable bonds is 2. The maximum Gasteiger partial charge on any atom is 0.125 e. The highest BCUT2D eigenvalue weighted by molar-refractivity contribution is 7.15. The molecule has 1 aliphatic rings. The maximum atomic E-state index is 4.71. The summed E-state index contributed by atoms with van der Waals surface area (Å²) in [5.41, 5.74) is 2.33. The van der Waals surface area contributed by atoms with E-state index >= 15 is 0 Å². The SMILES string of the molecule is Cc1nc(-c2cccnc2)sc1C1CCNCC1. The Morgan fingerprint density at radius 3 is 2.89 bits per heavy atom. The van der Waals surface area contributed by atoms with Crippen molar-refractivity contribution in [2.24, 2.45) is 0 Å². The van der Waals surface area contributed by atoms with Gasteiger partial charge in [0.15, 0.2) is 0 Å². The number of aromatic nitrogens is 2. The fourth-order valence-electron chi connectivity index (χ4n) is 2.48. The fraction of sp³-hybridized carbons (Fsp3) is 0.429. The second-order valence-corrected chi connectivity index (χ2v) is 5.77. The summed E-state index contributed by atoms with van der Waals surface area (Å²) >= 11 is 1.84. The summed E-state index contributed by atoms with van der Waals surface area (Å²) in [5, 5.41) is 4.52. The van der Waals surface area contributed by atoms with Crippen LogP contribution in [-0.4, -0.2) is 23.1 Å². The van der Waals surface area contributed by atoms with Gasteiger partial charge in [-0.25, -0.2) is 4.98 Å². The highest BCUT2D eigenvalue weighted by Crippen LogP contribution is 2.36. The molecule has 0 spiro atoms. The molecule has 3 nitrogen and oxygen atoms in total. The zero-order valence-electron chi connectivity index (χ0n) is 10.5. The molecular formula is C14H17N3S. The van der Waals surface area contributed by atoms with Crippen LogP contribution in [0.25, 0.3) is 10.6 Å². The van der Waals surface area contributed by atoms with Gasteiger partial charge in [0.2, 0.25) is 0 Å². The number of piperidine rings is 1. The molecule has 18 heavy (non-hydrogen) atoms.